The first-order valence-corrected chi connectivity index (χ1v) is 14.9. The Morgan fingerprint density at radius 3 is 2.56 bits per heavy atom. The lowest BCUT2D eigenvalue weighted by Gasteiger charge is -2.34. The highest BCUT2D eigenvalue weighted by Gasteiger charge is 2.51. The van der Waals surface area contributed by atoms with Gasteiger partial charge >= 0.3 is 12.0 Å². The first-order valence-electron chi connectivity index (χ1n) is 14.0. The number of ketones is 1. The van der Waals surface area contributed by atoms with E-state index in [1.807, 2.05) is 44.1 Å². The molecule has 2 fully saturated rings. The zero-order chi connectivity index (χ0) is 29.1. The van der Waals surface area contributed by atoms with Gasteiger partial charge in [0.05, 0.1) is 46.8 Å². The van der Waals surface area contributed by atoms with E-state index in [2.05, 4.69) is 10.3 Å². The number of cyclic esters (lactones) is 1. The predicted octanol–water partition coefficient (Wildman–Crippen LogP) is 4.10. The molecule has 7 atom stereocenters. The van der Waals surface area contributed by atoms with Crippen LogP contribution in [-0.2, 0) is 14.3 Å². The topological polar surface area (TPSA) is 129 Å². The standard InChI is InChI=1S/C29H45N3O6S/c1-8-30-28(37)32-21-11-9-10-16(2)26(35)18(4)27(36)29(6,7)24(33)14-25(34)38-23(13-22(21)32)17(3)12-20-15-39-19(5)31-20/h12,15-16,18,21-24,26,33,35H,8-11,13-14H2,1-7H3,(H,30,37)/b17-12+/t16-,18+,21?,22?,23-,24?,26-,32?/m0/s1. The molecule has 0 bridgehead atoms. The molecule has 0 radical (unpaired) electrons. The lowest BCUT2D eigenvalue weighted by Crippen LogP contribution is -2.45. The second-order valence-corrected chi connectivity index (χ2v) is 12.8. The summed E-state index contributed by atoms with van der Waals surface area (Å²) in [4.78, 5) is 45.6. The molecule has 3 heterocycles. The van der Waals surface area contributed by atoms with Crippen molar-refractivity contribution in [3.05, 3.63) is 21.7 Å². The number of Topliss-reactive ketones (excluding diaryl/α,β-unsaturated/α-hetero) is 1. The Hall–Kier alpha value is -2.30. The fourth-order valence-corrected chi connectivity index (χ4v) is 6.21. The molecule has 9 nitrogen and oxygen atoms in total. The lowest BCUT2D eigenvalue weighted by atomic mass is 9.73. The number of hydrogen-bond acceptors (Lipinski definition) is 8. The minimum Gasteiger partial charge on any atom is -0.458 e. The normalized spacial score (nSPS) is 32.8. The highest BCUT2D eigenvalue weighted by Crippen LogP contribution is 2.39. The molecule has 0 aromatic carbocycles. The van der Waals surface area contributed by atoms with Crippen molar-refractivity contribution in [2.24, 2.45) is 17.3 Å². The SMILES string of the molecule is CCNC(=O)N1C2CCC[C@H](C)[C@H](O)[C@@H](C)C(=O)C(C)(C)C(O)CC(=O)O[C@H](/C(C)=C/c3csc(C)n3)CC21. The van der Waals surface area contributed by atoms with E-state index in [1.165, 1.54) is 11.3 Å². The Kier molecular flexibility index (Phi) is 10.3. The number of carbonyl (C=O) groups is 3. The summed E-state index contributed by atoms with van der Waals surface area (Å²) < 4.78 is 5.93. The van der Waals surface area contributed by atoms with Crippen LogP contribution in [0.5, 0.6) is 0 Å². The van der Waals surface area contributed by atoms with E-state index in [1.54, 1.807) is 20.8 Å². The van der Waals surface area contributed by atoms with Crippen LogP contribution in [0.4, 0.5) is 4.79 Å². The Labute approximate surface area is 236 Å². The average molecular weight is 564 g/mol. The number of hydrogen-bond donors (Lipinski definition) is 3. The summed E-state index contributed by atoms with van der Waals surface area (Å²) in [6, 6.07) is -0.255. The van der Waals surface area contributed by atoms with Crippen LogP contribution < -0.4 is 5.32 Å². The van der Waals surface area contributed by atoms with E-state index in [4.69, 9.17) is 4.74 Å². The number of fused-ring (bicyclic) bond motifs is 1. The van der Waals surface area contributed by atoms with Crippen LogP contribution in [0.15, 0.2) is 11.0 Å². The zero-order valence-electron chi connectivity index (χ0n) is 24.3. The molecule has 0 saturated carbocycles. The summed E-state index contributed by atoms with van der Waals surface area (Å²) >= 11 is 1.53. The van der Waals surface area contributed by atoms with Gasteiger partial charge in [-0.1, -0.05) is 34.1 Å². The summed E-state index contributed by atoms with van der Waals surface area (Å²) in [5.41, 5.74) is 0.330. The molecule has 2 aliphatic heterocycles. The Balaban J connectivity index is 1.92. The zero-order valence-corrected chi connectivity index (χ0v) is 25.1. The fraction of sp³-hybridized carbons (Fsp3) is 0.724. The molecular formula is C29H45N3O6S. The number of amides is 2. The number of nitrogens with one attached hydrogen (secondary N) is 1. The molecule has 2 saturated heterocycles. The van der Waals surface area contributed by atoms with Crippen LogP contribution in [0.25, 0.3) is 6.08 Å². The van der Waals surface area contributed by atoms with Crippen molar-refractivity contribution < 1.29 is 29.3 Å². The van der Waals surface area contributed by atoms with Crippen molar-refractivity contribution in [1.82, 2.24) is 15.2 Å². The van der Waals surface area contributed by atoms with Crippen molar-refractivity contribution in [2.45, 2.75) is 111 Å². The number of aromatic nitrogens is 1. The number of aryl methyl sites for hydroxylation is 1. The van der Waals surface area contributed by atoms with Gasteiger partial charge in [-0.2, -0.15) is 0 Å². The van der Waals surface area contributed by atoms with Gasteiger partial charge in [0.15, 0.2) is 0 Å². The Bertz CT molecular complexity index is 1070. The Morgan fingerprint density at radius 1 is 1.26 bits per heavy atom. The maximum absolute atomic E-state index is 13.3. The maximum atomic E-state index is 13.3. The quantitative estimate of drug-likeness (QED) is 0.373. The van der Waals surface area contributed by atoms with E-state index in [0.717, 1.165) is 29.1 Å². The molecule has 3 N–H and O–H groups in total. The van der Waals surface area contributed by atoms with Gasteiger partial charge in [0.1, 0.15) is 11.9 Å². The van der Waals surface area contributed by atoms with Gasteiger partial charge in [0.25, 0.3) is 0 Å². The molecule has 39 heavy (non-hydrogen) atoms. The molecule has 10 heteroatoms. The highest BCUT2D eigenvalue weighted by molar-refractivity contribution is 7.09. The van der Waals surface area contributed by atoms with E-state index < -0.39 is 35.6 Å². The first kappa shape index (κ1) is 31.2. The molecule has 0 spiro atoms. The van der Waals surface area contributed by atoms with Gasteiger partial charge in [0, 0.05) is 24.3 Å². The third-order valence-corrected chi connectivity index (χ3v) is 9.17. The van der Waals surface area contributed by atoms with E-state index in [9.17, 15) is 24.6 Å². The summed E-state index contributed by atoms with van der Waals surface area (Å²) in [5.74, 6) is -1.74. The van der Waals surface area contributed by atoms with Crippen LogP contribution in [0.2, 0.25) is 0 Å². The number of rotatable bonds is 3. The predicted molar refractivity (Wildman–Crippen MR) is 151 cm³/mol. The van der Waals surface area contributed by atoms with Crippen LogP contribution in [0.1, 0.15) is 84.3 Å². The minimum absolute atomic E-state index is 0.00658. The van der Waals surface area contributed by atoms with Crippen molar-refractivity contribution in [3.63, 3.8) is 0 Å². The summed E-state index contributed by atoms with van der Waals surface area (Å²) in [6.07, 6.45) is 1.42. The third-order valence-electron chi connectivity index (χ3n) is 8.38. The third kappa shape index (κ3) is 7.46. The summed E-state index contributed by atoms with van der Waals surface area (Å²) in [5, 5.41) is 27.6. The van der Waals surface area contributed by atoms with Gasteiger partial charge in [0.2, 0.25) is 0 Å². The molecule has 1 aromatic rings. The van der Waals surface area contributed by atoms with Crippen molar-refractivity contribution in [3.8, 4) is 0 Å². The Morgan fingerprint density at radius 2 is 1.95 bits per heavy atom. The van der Waals surface area contributed by atoms with Crippen molar-refractivity contribution in [2.75, 3.05) is 6.54 Å². The van der Waals surface area contributed by atoms with E-state index in [0.29, 0.717) is 19.4 Å². The number of thiazole rings is 1. The van der Waals surface area contributed by atoms with Gasteiger partial charge in [-0.3, -0.25) is 9.59 Å². The number of nitrogens with zero attached hydrogens (tertiary/aromatic N) is 2. The molecule has 3 unspecified atom stereocenters. The monoisotopic (exact) mass is 563 g/mol. The smallest absolute Gasteiger partial charge is 0.318 e. The number of carbonyl (C=O) groups excluding carboxylic acids is 3. The molecule has 2 aliphatic rings. The van der Waals surface area contributed by atoms with Crippen LogP contribution in [-0.4, -0.2) is 74.8 Å². The maximum Gasteiger partial charge on any atom is 0.318 e. The van der Waals surface area contributed by atoms with Gasteiger partial charge in [-0.05, 0) is 51.2 Å². The first-order chi connectivity index (χ1) is 18.3. The minimum atomic E-state index is -1.28. The second-order valence-electron chi connectivity index (χ2n) is 11.8. The molecular weight excluding hydrogens is 518 g/mol. The molecule has 0 aliphatic carbocycles. The number of ether oxygens (including phenoxy) is 1. The fourth-order valence-electron chi connectivity index (χ4n) is 5.64. The van der Waals surface area contributed by atoms with Crippen molar-refractivity contribution in [1.29, 1.82) is 0 Å². The van der Waals surface area contributed by atoms with Gasteiger partial charge in [-0.25, -0.2) is 9.78 Å². The second kappa shape index (κ2) is 12.9. The van der Waals surface area contributed by atoms with Crippen LogP contribution in [0.3, 0.4) is 0 Å². The highest BCUT2D eigenvalue weighted by atomic mass is 32.1. The molecule has 3 rings (SSSR count). The van der Waals surface area contributed by atoms with Crippen LogP contribution >= 0.6 is 11.3 Å². The number of aliphatic hydroxyl groups is 2. The van der Waals surface area contributed by atoms with Gasteiger partial charge in [-0.15, -0.1) is 11.3 Å². The van der Waals surface area contributed by atoms with Gasteiger partial charge < -0.3 is 25.2 Å². The number of aliphatic hydroxyl groups excluding tert-OH is 2. The molecule has 1 aromatic heterocycles. The van der Waals surface area contributed by atoms with E-state index >= 15 is 0 Å². The van der Waals surface area contributed by atoms with Crippen molar-refractivity contribution >= 4 is 35.2 Å². The number of urea groups is 1. The molecule has 218 valence electrons. The van der Waals surface area contributed by atoms with Crippen LogP contribution in [0, 0.1) is 24.2 Å². The number of esters is 1. The molecule has 2 amide bonds. The largest absolute Gasteiger partial charge is 0.458 e. The summed E-state index contributed by atoms with van der Waals surface area (Å²) in [6.45, 7) is 13.0. The average Bonchev–Trinajstić information content (AvgIpc) is 3.39. The lowest BCUT2D eigenvalue weighted by molar-refractivity contribution is -0.154. The van der Waals surface area contributed by atoms with E-state index in [-0.39, 0.29) is 36.2 Å². The summed E-state index contributed by atoms with van der Waals surface area (Å²) in [7, 11) is 0.